The summed E-state index contributed by atoms with van der Waals surface area (Å²) in [4.78, 5) is 6.25. The van der Waals surface area contributed by atoms with E-state index in [9.17, 15) is 9.65 Å². The van der Waals surface area contributed by atoms with Gasteiger partial charge in [-0.05, 0) is 42.3 Å². The Morgan fingerprint density at radius 2 is 1.90 bits per heavy atom. The molecule has 0 aliphatic carbocycles. The third-order valence-electron chi connectivity index (χ3n) is 5.02. The van der Waals surface area contributed by atoms with Crippen molar-refractivity contribution in [3.05, 3.63) is 76.5 Å². The number of halogens is 1. The van der Waals surface area contributed by atoms with Crippen molar-refractivity contribution in [3.63, 3.8) is 0 Å². The predicted molar refractivity (Wildman–Crippen MR) is 108 cm³/mol. The summed E-state index contributed by atoms with van der Waals surface area (Å²) in [6, 6.07) is 18.0. The number of hydrogen-bond acceptors (Lipinski definition) is 6. The second-order valence-electron chi connectivity index (χ2n) is 6.73. The summed E-state index contributed by atoms with van der Waals surface area (Å²) >= 11 is 0. The fourth-order valence-electron chi connectivity index (χ4n) is 3.58. The van der Waals surface area contributed by atoms with Crippen LogP contribution in [0, 0.1) is 22.7 Å². The molecule has 0 saturated heterocycles. The van der Waals surface area contributed by atoms with Crippen LogP contribution in [0.15, 0.2) is 59.8 Å². The lowest BCUT2D eigenvalue weighted by molar-refractivity contribution is 0.374. The van der Waals surface area contributed by atoms with Crippen LogP contribution in [0.5, 0.6) is 6.01 Å². The summed E-state index contributed by atoms with van der Waals surface area (Å²) in [5.41, 5.74) is 3.62. The summed E-state index contributed by atoms with van der Waals surface area (Å²) in [5, 5.41) is 23.5. The molecule has 1 aromatic heterocycles. The van der Waals surface area contributed by atoms with Crippen molar-refractivity contribution in [3.8, 4) is 18.1 Å². The van der Waals surface area contributed by atoms with Gasteiger partial charge in [0.05, 0.1) is 30.4 Å². The van der Waals surface area contributed by atoms with Crippen LogP contribution >= 0.6 is 0 Å². The van der Waals surface area contributed by atoms with Crippen LogP contribution in [0.4, 0.5) is 16.0 Å². The summed E-state index contributed by atoms with van der Waals surface area (Å²) in [5.74, 6) is 0.453. The second-order valence-corrected chi connectivity index (χ2v) is 6.73. The number of nitrogens with zero attached hydrogens (tertiary/aromatic N) is 6. The van der Waals surface area contributed by atoms with E-state index in [0.29, 0.717) is 34.0 Å². The molecule has 7 nitrogen and oxygen atoms in total. The summed E-state index contributed by atoms with van der Waals surface area (Å²) in [6.45, 7) is 1.22. The molecule has 3 aromatic rings. The minimum atomic E-state index is -0.598. The number of nitriles is 2. The Morgan fingerprint density at radius 3 is 2.53 bits per heavy atom. The maximum atomic E-state index is 13.3. The molecule has 0 fully saturated rings. The first kappa shape index (κ1) is 19.2. The Balaban J connectivity index is 1.94. The first-order valence-corrected chi connectivity index (χ1v) is 9.17. The van der Waals surface area contributed by atoms with Crippen LogP contribution in [-0.4, -0.2) is 21.9 Å². The van der Waals surface area contributed by atoms with Crippen LogP contribution in [-0.2, 0) is 6.67 Å². The van der Waals surface area contributed by atoms with Crippen molar-refractivity contribution in [1.29, 1.82) is 10.5 Å². The highest BCUT2D eigenvalue weighted by molar-refractivity contribution is 5.68. The molecular formula is C22H17FN6O. The topological polar surface area (TPSA) is 90.8 Å². The monoisotopic (exact) mass is 400 g/mol. The number of rotatable bonds is 4. The third kappa shape index (κ3) is 3.05. The van der Waals surface area contributed by atoms with Gasteiger partial charge in [-0.15, -0.1) is 5.10 Å². The third-order valence-corrected chi connectivity index (χ3v) is 5.02. The van der Waals surface area contributed by atoms with E-state index in [0.717, 1.165) is 5.56 Å². The van der Waals surface area contributed by atoms with E-state index in [2.05, 4.69) is 22.2 Å². The molecule has 4 rings (SSSR count). The molecule has 0 amide bonds. The number of fused-ring (bicyclic) bond motifs is 1. The van der Waals surface area contributed by atoms with Crippen LogP contribution in [0.25, 0.3) is 0 Å². The van der Waals surface area contributed by atoms with Crippen molar-refractivity contribution in [2.75, 3.05) is 12.0 Å². The predicted octanol–water partition coefficient (Wildman–Crippen LogP) is 4.17. The molecule has 1 atom stereocenters. The van der Waals surface area contributed by atoms with Crippen LogP contribution in [0.2, 0.25) is 0 Å². The number of anilines is 2. The van der Waals surface area contributed by atoms with Crippen molar-refractivity contribution in [2.24, 2.45) is 0 Å². The van der Waals surface area contributed by atoms with Gasteiger partial charge in [0.1, 0.15) is 12.7 Å². The van der Waals surface area contributed by atoms with Crippen LogP contribution < -0.4 is 9.64 Å². The van der Waals surface area contributed by atoms with Gasteiger partial charge in [-0.3, -0.25) is 4.90 Å². The molecular weight excluding hydrogens is 383 g/mol. The lowest BCUT2D eigenvalue weighted by Gasteiger charge is -2.34. The van der Waals surface area contributed by atoms with E-state index < -0.39 is 12.7 Å². The zero-order valence-corrected chi connectivity index (χ0v) is 16.4. The van der Waals surface area contributed by atoms with Crippen molar-refractivity contribution >= 4 is 11.6 Å². The van der Waals surface area contributed by atoms with Gasteiger partial charge in [0.25, 0.3) is 0 Å². The molecule has 1 unspecified atom stereocenters. The molecule has 0 N–H and O–H groups in total. The minimum Gasteiger partial charge on any atom is -0.466 e. The Hall–Kier alpha value is -4.17. The first-order valence-electron chi connectivity index (χ1n) is 9.17. The van der Waals surface area contributed by atoms with E-state index >= 15 is 0 Å². The largest absolute Gasteiger partial charge is 0.466 e. The van der Waals surface area contributed by atoms with E-state index in [1.807, 2.05) is 13.0 Å². The van der Waals surface area contributed by atoms with Gasteiger partial charge in [-0.2, -0.15) is 15.5 Å². The van der Waals surface area contributed by atoms with E-state index in [1.54, 1.807) is 52.0 Å². The average Bonchev–Trinajstić information content (AvgIpc) is 3.22. The highest BCUT2D eigenvalue weighted by atomic mass is 19.1. The molecule has 0 saturated carbocycles. The highest BCUT2D eigenvalue weighted by Gasteiger charge is 2.36. The molecule has 148 valence electrons. The van der Waals surface area contributed by atoms with E-state index in [4.69, 9.17) is 10.00 Å². The maximum absolute atomic E-state index is 13.3. The molecule has 0 bridgehead atoms. The number of hydrogen-bond donors (Lipinski definition) is 0. The maximum Gasteiger partial charge on any atom is 0.337 e. The van der Waals surface area contributed by atoms with Gasteiger partial charge in [-0.25, -0.2) is 9.07 Å². The van der Waals surface area contributed by atoms with Crippen LogP contribution in [0.3, 0.4) is 0 Å². The van der Waals surface area contributed by atoms with Gasteiger partial charge in [0.15, 0.2) is 0 Å². The zero-order chi connectivity index (χ0) is 21.3. The Morgan fingerprint density at radius 1 is 1.13 bits per heavy atom. The lowest BCUT2D eigenvalue weighted by atomic mass is 9.95. The number of aromatic nitrogens is 3. The number of alkyl halides is 1. The van der Waals surface area contributed by atoms with E-state index in [-0.39, 0.29) is 6.01 Å². The first-order chi connectivity index (χ1) is 14.6. The zero-order valence-electron chi connectivity index (χ0n) is 16.4. The number of methoxy groups -OCH3 is 1. The molecule has 2 heterocycles. The second kappa shape index (κ2) is 7.69. The van der Waals surface area contributed by atoms with E-state index in [1.165, 1.54) is 7.11 Å². The normalized spacial score (nSPS) is 15.4. The van der Waals surface area contributed by atoms with Crippen molar-refractivity contribution in [2.45, 2.75) is 19.6 Å². The van der Waals surface area contributed by atoms with Gasteiger partial charge in [-0.1, -0.05) is 24.3 Å². The quantitative estimate of drug-likeness (QED) is 0.653. The van der Waals surface area contributed by atoms with Crippen molar-refractivity contribution in [1.82, 2.24) is 14.8 Å². The summed E-state index contributed by atoms with van der Waals surface area (Å²) in [7, 11) is 1.47. The fourth-order valence-corrected chi connectivity index (χ4v) is 3.58. The van der Waals surface area contributed by atoms with Gasteiger partial charge >= 0.3 is 6.01 Å². The molecule has 0 spiro atoms. The number of ether oxygens (including phenoxy) is 1. The molecule has 2 aromatic carbocycles. The van der Waals surface area contributed by atoms with Crippen LogP contribution in [0.1, 0.15) is 29.7 Å². The SMILES string of the molecule is COc1nc2n(n1)C(c1ccc(C#N)cc1)C(C#N)=C(C)N2c1cccc(CF)c1. The lowest BCUT2D eigenvalue weighted by Crippen LogP contribution is -2.30. The van der Waals surface area contributed by atoms with Gasteiger partial charge < -0.3 is 4.74 Å². The number of allylic oxidation sites excluding steroid dienone is 2. The minimum absolute atomic E-state index is 0.155. The smallest absolute Gasteiger partial charge is 0.337 e. The Bertz CT molecular complexity index is 1220. The molecule has 8 heteroatoms. The number of benzene rings is 2. The standard InChI is InChI=1S/C22H17FN6O/c1-14-19(13-25)20(17-8-6-15(12-24)7-9-17)29-22(26-21(27-29)30-2)28(14)18-5-3-4-16(10-18)11-23/h3-10,20H,11H2,1-2H3. The van der Waals surface area contributed by atoms with Gasteiger partial charge in [0, 0.05) is 11.4 Å². The summed E-state index contributed by atoms with van der Waals surface area (Å²) < 4.78 is 20.1. The Labute approximate surface area is 172 Å². The molecule has 0 radical (unpaired) electrons. The fraction of sp³-hybridized carbons (Fsp3) is 0.182. The average molecular weight is 400 g/mol. The molecule has 30 heavy (non-hydrogen) atoms. The van der Waals surface area contributed by atoms with Crippen molar-refractivity contribution < 1.29 is 9.13 Å². The van der Waals surface area contributed by atoms with Gasteiger partial charge in [0.2, 0.25) is 5.95 Å². The molecule has 1 aliphatic heterocycles. The highest BCUT2D eigenvalue weighted by Crippen LogP contribution is 2.42. The summed E-state index contributed by atoms with van der Waals surface area (Å²) in [6.07, 6.45) is 0. The molecule has 1 aliphatic rings. The Kier molecular flexibility index (Phi) is 4.91.